The average Bonchev–Trinajstić information content (AvgIpc) is 2.40. The molecular formula is C15H17NO2. The molecule has 0 bridgehead atoms. The van der Waals surface area contributed by atoms with Crippen molar-refractivity contribution < 1.29 is 9.47 Å². The van der Waals surface area contributed by atoms with Crippen LogP contribution in [0, 0.1) is 0 Å². The summed E-state index contributed by atoms with van der Waals surface area (Å²) in [5.74, 6) is 0.696. The van der Waals surface area contributed by atoms with Gasteiger partial charge in [-0.25, -0.2) is 0 Å². The summed E-state index contributed by atoms with van der Waals surface area (Å²) in [5.41, 5.74) is 8.68. The van der Waals surface area contributed by atoms with Crippen LogP contribution < -0.4 is 10.5 Å². The first kappa shape index (κ1) is 12.5. The summed E-state index contributed by atoms with van der Waals surface area (Å²) in [6.45, 7) is 1.15. The van der Waals surface area contributed by atoms with Crippen LogP contribution in [0.5, 0.6) is 5.75 Å². The molecule has 0 saturated heterocycles. The van der Waals surface area contributed by atoms with Gasteiger partial charge in [0, 0.05) is 0 Å². The highest BCUT2D eigenvalue weighted by Crippen LogP contribution is 2.22. The molecule has 0 aliphatic rings. The molecule has 0 heterocycles. The fourth-order valence-corrected chi connectivity index (χ4v) is 1.73. The van der Waals surface area contributed by atoms with Crippen molar-refractivity contribution in [3.05, 3.63) is 59.7 Å². The molecule has 94 valence electrons. The molecule has 18 heavy (non-hydrogen) atoms. The van der Waals surface area contributed by atoms with Crippen molar-refractivity contribution in [1.29, 1.82) is 0 Å². The van der Waals surface area contributed by atoms with E-state index in [9.17, 15) is 0 Å². The number of methoxy groups -OCH3 is 1. The lowest BCUT2D eigenvalue weighted by Gasteiger charge is -2.08. The average molecular weight is 243 g/mol. The van der Waals surface area contributed by atoms with Crippen molar-refractivity contribution >= 4 is 5.69 Å². The van der Waals surface area contributed by atoms with Gasteiger partial charge in [0.15, 0.2) is 0 Å². The fourth-order valence-electron chi connectivity index (χ4n) is 1.73. The van der Waals surface area contributed by atoms with Crippen LogP contribution in [0.25, 0.3) is 0 Å². The van der Waals surface area contributed by atoms with E-state index in [0.717, 1.165) is 5.56 Å². The summed E-state index contributed by atoms with van der Waals surface area (Å²) < 4.78 is 10.7. The van der Waals surface area contributed by atoms with Crippen molar-refractivity contribution in [3.63, 3.8) is 0 Å². The second kappa shape index (κ2) is 6.07. The number of benzene rings is 2. The van der Waals surface area contributed by atoms with E-state index < -0.39 is 0 Å². The minimum absolute atomic E-state index is 0.545. The monoisotopic (exact) mass is 243 g/mol. The van der Waals surface area contributed by atoms with E-state index in [0.29, 0.717) is 24.7 Å². The Bertz CT molecular complexity index is 497. The molecule has 2 aromatic rings. The number of hydrogen-bond donors (Lipinski definition) is 1. The second-order valence-electron chi connectivity index (χ2n) is 4.05. The molecular weight excluding hydrogens is 226 g/mol. The lowest BCUT2D eigenvalue weighted by atomic mass is 10.2. The molecule has 0 amide bonds. The molecule has 0 saturated carbocycles. The predicted octanol–water partition coefficient (Wildman–Crippen LogP) is 2.99. The van der Waals surface area contributed by atoms with Gasteiger partial charge in [-0.15, -0.1) is 0 Å². The zero-order valence-corrected chi connectivity index (χ0v) is 10.4. The van der Waals surface area contributed by atoms with Gasteiger partial charge in [0.2, 0.25) is 0 Å². The van der Waals surface area contributed by atoms with Gasteiger partial charge in [0.25, 0.3) is 0 Å². The summed E-state index contributed by atoms with van der Waals surface area (Å²) >= 11 is 0. The topological polar surface area (TPSA) is 44.5 Å². The molecule has 2 rings (SSSR count). The Morgan fingerprint density at radius 3 is 2.33 bits per heavy atom. The summed E-state index contributed by atoms with van der Waals surface area (Å²) in [5, 5.41) is 0. The first-order valence-electron chi connectivity index (χ1n) is 5.83. The Balaban J connectivity index is 1.89. The molecule has 0 aromatic heterocycles. The van der Waals surface area contributed by atoms with E-state index in [1.165, 1.54) is 5.56 Å². The first-order valence-corrected chi connectivity index (χ1v) is 5.83. The van der Waals surface area contributed by atoms with Crippen LogP contribution in [0.3, 0.4) is 0 Å². The molecule has 2 aromatic carbocycles. The number of hydrogen-bond acceptors (Lipinski definition) is 3. The predicted molar refractivity (Wildman–Crippen MR) is 72.3 cm³/mol. The Morgan fingerprint density at radius 2 is 1.67 bits per heavy atom. The Morgan fingerprint density at radius 1 is 0.944 bits per heavy atom. The van der Waals surface area contributed by atoms with E-state index in [-0.39, 0.29) is 0 Å². The van der Waals surface area contributed by atoms with Gasteiger partial charge in [-0.2, -0.15) is 0 Å². The minimum atomic E-state index is 0.545. The van der Waals surface area contributed by atoms with Gasteiger partial charge in [0.05, 0.1) is 26.0 Å². The van der Waals surface area contributed by atoms with Crippen LogP contribution in [0.1, 0.15) is 11.1 Å². The Labute approximate surface area is 107 Å². The standard InChI is InChI=1S/C15H17NO2/c1-17-15-8-7-13(9-14(15)16)11-18-10-12-5-3-2-4-6-12/h2-9H,10-11,16H2,1H3. The Kier molecular flexibility index (Phi) is 4.20. The third-order valence-corrected chi connectivity index (χ3v) is 2.67. The third-order valence-electron chi connectivity index (χ3n) is 2.67. The maximum Gasteiger partial charge on any atom is 0.141 e. The van der Waals surface area contributed by atoms with Crippen LogP contribution in [0.15, 0.2) is 48.5 Å². The lowest BCUT2D eigenvalue weighted by Crippen LogP contribution is -1.97. The Hall–Kier alpha value is -2.00. The number of anilines is 1. The number of ether oxygens (including phenoxy) is 2. The van der Waals surface area contributed by atoms with Crippen LogP contribution in [0.4, 0.5) is 5.69 Å². The maximum atomic E-state index is 5.83. The maximum absolute atomic E-state index is 5.83. The highest BCUT2D eigenvalue weighted by atomic mass is 16.5. The van der Waals surface area contributed by atoms with Crippen molar-refractivity contribution in [2.24, 2.45) is 0 Å². The smallest absolute Gasteiger partial charge is 0.141 e. The van der Waals surface area contributed by atoms with Gasteiger partial charge >= 0.3 is 0 Å². The highest BCUT2D eigenvalue weighted by Gasteiger charge is 2.01. The quantitative estimate of drug-likeness (QED) is 0.821. The van der Waals surface area contributed by atoms with Gasteiger partial charge in [-0.3, -0.25) is 0 Å². The van der Waals surface area contributed by atoms with Crippen LogP contribution in [-0.4, -0.2) is 7.11 Å². The summed E-state index contributed by atoms with van der Waals surface area (Å²) in [6, 6.07) is 15.8. The number of nitrogen functional groups attached to an aromatic ring is 1. The number of rotatable bonds is 5. The SMILES string of the molecule is COc1ccc(COCc2ccccc2)cc1N. The van der Waals surface area contributed by atoms with E-state index in [2.05, 4.69) is 0 Å². The molecule has 0 fully saturated rings. The van der Waals surface area contributed by atoms with E-state index in [1.807, 2.05) is 48.5 Å². The molecule has 0 aliphatic carbocycles. The van der Waals surface area contributed by atoms with Crippen molar-refractivity contribution in [3.8, 4) is 5.75 Å². The zero-order chi connectivity index (χ0) is 12.8. The molecule has 0 atom stereocenters. The van der Waals surface area contributed by atoms with Crippen LogP contribution >= 0.6 is 0 Å². The van der Waals surface area contributed by atoms with Gasteiger partial charge in [0.1, 0.15) is 5.75 Å². The first-order chi connectivity index (χ1) is 8.79. The zero-order valence-electron chi connectivity index (χ0n) is 10.4. The largest absolute Gasteiger partial charge is 0.495 e. The molecule has 3 heteroatoms. The normalized spacial score (nSPS) is 10.3. The molecule has 0 aliphatic heterocycles. The summed E-state index contributed by atoms with van der Waals surface area (Å²) in [7, 11) is 1.61. The fraction of sp³-hybridized carbons (Fsp3) is 0.200. The molecule has 0 spiro atoms. The highest BCUT2D eigenvalue weighted by molar-refractivity contribution is 5.54. The molecule has 0 unspecified atom stereocenters. The molecule has 0 radical (unpaired) electrons. The van der Waals surface area contributed by atoms with Crippen molar-refractivity contribution in [2.45, 2.75) is 13.2 Å². The molecule has 2 N–H and O–H groups in total. The number of nitrogens with two attached hydrogens (primary N) is 1. The van der Waals surface area contributed by atoms with E-state index in [1.54, 1.807) is 7.11 Å². The van der Waals surface area contributed by atoms with Crippen LogP contribution in [-0.2, 0) is 18.0 Å². The van der Waals surface area contributed by atoms with Crippen molar-refractivity contribution in [1.82, 2.24) is 0 Å². The minimum Gasteiger partial charge on any atom is -0.495 e. The second-order valence-corrected chi connectivity index (χ2v) is 4.05. The van der Waals surface area contributed by atoms with E-state index in [4.69, 9.17) is 15.2 Å². The van der Waals surface area contributed by atoms with Crippen LogP contribution in [0.2, 0.25) is 0 Å². The lowest BCUT2D eigenvalue weighted by molar-refractivity contribution is 0.107. The molecule has 3 nitrogen and oxygen atoms in total. The summed E-state index contributed by atoms with van der Waals surface area (Å²) in [4.78, 5) is 0. The van der Waals surface area contributed by atoms with Gasteiger partial charge in [-0.05, 0) is 23.3 Å². The van der Waals surface area contributed by atoms with Gasteiger partial charge in [-0.1, -0.05) is 36.4 Å². The van der Waals surface area contributed by atoms with Crippen molar-refractivity contribution in [2.75, 3.05) is 12.8 Å². The van der Waals surface area contributed by atoms with Gasteiger partial charge < -0.3 is 15.2 Å². The van der Waals surface area contributed by atoms with E-state index >= 15 is 0 Å². The third kappa shape index (κ3) is 3.25. The summed E-state index contributed by atoms with van der Waals surface area (Å²) in [6.07, 6.45) is 0.